The Labute approximate surface area is 130 Å². The number of amides is 1. The maximum atomic E-state index is 12.0. The van der Waals surface area contributed by atoms with Crippen LogP contribution in [0.5, 0.6) is 0 Å². The van der Waals surface area contributed by atoms with Gasteiger partial charge >= 0.3 is 5.97 Å². The molecule has 21 heavy (non-hydrogen) atoms. The van der Waals surface area contributed by atoms with Crippen LogP contribution in [0.1, 0.15) is 20.0 Å². The molecule has 1 heterocycles. The summed E-state index contributed by atoms with van der Waals surface area (Å²) in [4.78, 5) is 33.0. The molecule has 0 saturated heterocycles. The summed E-state index contributed by atoms with van der Waals surface area (Å²) in [6, 6.07) is 6.80. The fourth-order valence-corrected chi connectivity index (χ4v) is 2.63. The van der Waals surface area contributed by atoms with Gasteiger partial charge in [0, 0.05) is 11.6 Å². The topological polar surface area (TPSA) is 110 Å². The van der Waals surface area contributed by atoms with Gasteiger partial charge in [-0.3, -0.25) is 14.9 Å². The van der Waals surface area contributed by atoms with E-state index < -0.39 is 16.8 Å². The molecule has 0 aliphatic heterocycles. The SMILES string of the molecule is O=C(Nc1ccc(C(=O)O)s1)c1ccc(Br)c([N+](=O)[O-])c1. The Balaban J connectivity index is 2.22. The van der Waals surface area contributed by atoms with Crippen molar-refractivity contribution in [1.29, 1.82) is 0 Å². The second-order valence-corrected chi connectivity index (χ2v) is 5.78. The first-order valence-electron chi connectivity index (χ1n) is 5.47. The molecule has 0 saturated carbocycles. The highest BCUT2D eigenvalue weighted by atomic mass is 79.9. The number of aromatic carboxylic acids is 1. The van der Waals surface area contributed by atoms with Crippen molar-refractivity contribution in [1.82, 2.24) is 0 Å². The maximum Gasteiger partial charge on any atom is 0.345 e. The lowest BCUT2D eigenvalue weighted by molar-refractivity contribution is -0.385. The third-order valence-electron chi connectivity index (χ3n) is 2.46. The van der Waals surface area contributed by atoms with Gasteiger partial charge in [0.2, 0.25) is 0 Å². The van der Waals surface area contributed by atoms with Crippen molar-refractivity contribution in [3.05, 3.63) is 55.4 Å². The van der Waals surface area contributed by atoms with Gasteiger partial charge in [0.1, 0.15) is 4.88 Å². The van der Waals surface area contributed by atoms with Crippen LogP contribution in [0.25, 0.3) is 0 Å². The minimum absolute atomic E-state index is 0.0899. The number of nitrogens with one attached hydrogen (secondary N) is 1. The molecule has 1 amide bonds. The van der Waals surface area contributed by atoms with E-state index in [1.54, 1.807) is 0 Å². The molecule has 0 unspecified atom stereocenters. The van der Waals surface area contributed by atoms with Crippen LogP contribution in [0.2, 0.25) is 0 Å². The third kappa shape index (κ3) is 3.44. The summed E-state index contributed by atoms with van der Waals surface area (Å²) >= 11 is 3.93. The fraction of sp³-hybridized carbons (Fsp3) is 0. The number of nitro groups is 1. The predicted octanol–water partition coefficient (Wildman–Crippen LogP) is 3.37. The Morgan fingerprint density at radius 1 is 1.29 bits per heavy atom. The monoisotopic (exact) mass is 370 g/mol. The van der Waals surface area contributed by atoms with E-state index in [0.29, 0.717) is 5.00 Å². The number of carbonyl (C=O) groups excluding carboxylic acids is 1. The van der Waals surface area contributed by atoms with Crippen LogP contribution in [-0.2, 0) is 0 Å². The smallest absolute Gasteiger partial charge is 0.345 e. The number of anilines is 1. The number of thiophene rings is 1. The first-order chi connectivity index (χ1) is 9.88. The van der Waals surface area contributed by atoms with Crippen molar-refractivity contribution < 1.29 is 19.6 Å². The highest BCUT2D eigenvalue weighted by Crippen LogP contribution is 2.27. The van der Waals surface area contributed by atoms with Crippen LogP contribution in [0, 0.1) is 10.1 Å². The molecule has 0 radical (unpaired) electrons. The normalized spacial score (nSPS) is 10.1. The zero-order valence-electron chi connectivity index (χ0n) is 10.2. The van der Waals surface area contributed by atoms with Crippen LogP contribution in [0.15, 0.2) is 34.8 Å². The Morgan fingerprint density at radius 3 is 2.57 bits per heavy atom. The molecule has 2 N–H and O–H groups in total. The Hall–Kier alpha value is -2.26. The van der Waals surface area contributed by atoms with E-state index in [-0.39, 0.29) is 20.6 Å². The van der Waals surface area contributed by atoms with Crippen LogP contribution >= 0.6 is 27.3 Å². The Morgan fingerprint density at radius 2 is 2.00 bits per heavy atom. The summed E-state index contributed by atoms with van der Waals surface area (Å²) in [6.07, 6.45) is 0. The second-order valence-electron chi connectivity index (χ2n) is 3.85. The van der Waals surface area contributed by atoms with E-state index in [0.717, 1.165) is 17.4 Å². The minimum Gasteiger partial charge on any atom is -0.477 e. The van der Waals surface area contributed by atoms with Crippen LogP contribution in [-0.4, -0.2) is 21.9 Å². The van der Waals surface area contributed by atoms with E-state index in [1.807, 2.05) is 0 Å². The molecule has 0 bridgehead atoms. The number of benzene rings is 1. The number of carboxylic acid groups (broad SMARTS) is 1. The van der Waals surface area contributed by atoms with Crippen molar-refractivity contribution in [2.75, 3.05) is 5.32 Å². The number of carbonyl (C=O) groups is 2. The summed E-state index contributed by atoms with van der Waals surface area (Å²) in [5.74, 6) is -1.64. The van der Waals surface area contributed by atoms with Crippen molar-refractivity contribution >= 4 is 49.8 Å². The lowest BCUT2D eigenvalue weighted by Crippen LogP contribution is -2.11. The summed E-state index contributed by atoms with van der Waals surface area (Å²) in [5, 5.41) is 22.5. The Bertz CT molecular complexity index is 743. The first kappa shape index (κ1) is 15.1. The molecule has 2 rings (SSSR count). The number of carboxylic acids is 1. The van der Waals surface area contributed by atoms with Gasteiger partial charge in [-0.15, -0.1) is 11.3 Å². The number of nitro benzene ring substituents is 1. The third-order valence-corrected chi connectivity index (χ3v) is 4.12. The minimum atomic E-state index is -1.08. The number of hydrogen-bond donors (Lipinski definition) is 2. The number of nitrogens with zero attached hydrogens (tertiary/aromatic N) is 1. The average Bonchev–Trinajstić information content (AvgIpc) is 2.87. The van der Waals surface area contributed by atoms with Gasteiger partial charge in [-0.1, -0.05) is 0 Å². The second kappa shape index (κ2) is 6.02. The first-order valence-corrected chi connectivity index (χ1v) is 7.08. The molecule has 108 valence electrons. The van der Waals surface area contributed by atoms with Crippen LogP contribution < -0.4 is 5.32 Å². The van der Waals surface area contributed by atoms with E-state index >= 15 is 0 Å². The van der Waals surface area contributed by atoms with Gasteiger partial charge in [0.25, 0.3) is 11.6 Å². The number of hydrogen-bond acceptors (Lipinski definition) is 5. The summed E-state index contributed by atoms with van der Waals surface area (Å²) in [7, 11) is 0. The van der Waals surface area contributed by atoms with Gasteiger partial charge in [-0.05, 0) is 40.2 Å². The zero-order chi connectivity index (χ0) is 15.6. The molecular weight excluding hydrogens is 364 g/mol. The predicted molar refractivity (Wildman–Crippen MR) is 80.0 cm³/mol. The largest absolute Gasteiger partial charge is 0.477 e. The van der Waals surface area contributed by atoms with Crippen molar-refractivity contribution in [2.45, 2.75) is 0 Å². The molecule has 0 fully saturated rings. The molecular formula is C12H7BrN2O5S. The number of halogens is 1. The molecule has 1 aromatic carbocycles. The van der Waals surface area contributed by atoms with Crippen molar-refractivity contribution in [3.63, 3.8) is 0 Å². The Kier molecular flexibility index (Phi) is 4.34. The standard InChI is InChI=1S/C12H7BrN2O5S/c13-7-2-1-6(5-8(7)15(19)20)11(16)14-10-4-3-9(21-10)12(17)18/h1-5H,(H,14,16)(H,17,18). The molecule has 0 aliphatic rings. The van der Waals surface area contributed by atoms with Crippen LogP contribution in [0.3, 0.4) is 0 Å². The van der Waals surface area contributed by atoms with Gasteiger partial charge in [0.05, 0.1) is 14.4 Å². The van der Waals surface area contributed by atoms with Crippen molar-refractivity contribution in [3.8, 4) is 0 Å². The van der Waals surface area contributed by atoms with E-state index in [1.165, 1.54) is 24.3 Å². The van der Waals surface area contributed by atoms with Gasteiger partial charge < -0.3 is 10.4 Å². The number of rotatable bonds is 4. The molecule has 1 aromatic heterocycles. The average molecular weight is 371 g/mol. The highest BCUT2D eigenvalue weighted by Gasteiger charge is 2.17. The maximum absolute atomic E-state index is 12.0. The molecule has 0 atom stereocenters. The molecule has 7 nitrogen and oxygen atoms in total. The summed E-state index contributed by atoms with van der Waals surface area (Å²) in [5.41, 5.74) is -0.116. The zero-order valence-corrected chi connectivity index (χ0v) is 12.6. The molecule has 2 aromatic rings. The van der Waals surface area contributed by atoms with Crippen molar-refractivity contribution in [2.24, 2.45) is 0 Å². The lowest BCUT2D eigenvalue weighted by Gasteiger charge is -2.03. The fourth-order valence-electron chi connectivity index (χ4n) is 1.50. The van der Waals surface area contributed by atoms with E-state index in [9.17, 15) is 19.7 Å². The van der Waals surface area contributed by atoms with Gasteiger partial charge in [0.15, 0.2) is 0 Å². The van der Waals surface area contributed by atoms with E-state index in [2.05, 4.69) is 21.2 Å². The highest BCUT2D eigenvalue weighted by molar-refractivity contribution is 9.10. The van der Waals surface area contributed by atoms with Gasteiger partial charge in [-0.2, -0.15) is 0 Å². The van der Waals surface area contributed by atoms with Crippen LogP contribution in [0.4, 0.5) is 10.7 Å². The summed E-state index contributed by atoms with van der Waals surface area (Å²) in [6.45, 7) is 0. The van der Waals surface area contributed by atoms with E-state index in [4.69, 9.17) is 5.11 Å². The lowest BCUT2D eigenvalue weighted by atomic mass is 10.2. The quantitative estimate of drug-likeness (QED) is 0.633. The van der Waals surface area contributed by atoms with Gasteiger partial charge in [-0.25, -0.2) is 4.79 Å². The molecule has 0 aliphatic carbocycles. The molecule has 0 spiro atoms. The molecule has 9 heteroatoms. The summed E-state index contributed by atoms with van der Waals surface area (Å²) < 4.78 is 0.272.